The molecule has 1 amide bonds. The van der Waals surface area contributed by atoms with Crippen molar-refractivity contribution < 1.29 is 14.4 Å². The third-order valence-electron chi connectivity index (χ3n) is 4.55. The van der Waals surface area contributed by atoms with Crippen LogP contribution in [-0.4, -0.2) is 69.9 Å². The van der Waals surface area contributed by atoms with Gasteiger partial charge >= 0.3 is 0 Å². The Morgan fingerprint density at radius 3 is 3.00 bits per heavy atom. The molecule has 2 fully saturated rings. The Labute approximate surface area is 144 Å². The largest absolute Gasteiger partial charge is 0.368 e. The molecule has 1 N–H and O–H groups in total. The smallest absolute Gasteiger partial charge is 0.252 e. The fraction of sp³-hybridized carbons (Fsp3) is 0.600. The molecule has 2 saturated heterocycles. The van der Waals surface area contributed by atoms with E-state index < -0.39 is 0 Å². The third-order valence-corrected chi connectivity index (χ3v) is 5.41. The van der Waals surface area contributed by atoms with Crippen molar-refractivity contribution in [1.29, 1.82) is 0 Å². The highest BCUT2D eigenvalue weighted by molar-refractivity contribution is 7.13. The lowest BCUT2D eigenvalue weighted by molar-refractivity contribution is -0.927. The predicted molar refractivity (Wildman–Crippen MR) is 87.4 cm³/mol. The van der Waals surface area contributed by atoms with Gasteiger partial charge in [-0.15, -0.1) is 26.3 Å². The summed E-state index contributed by atoms with van der Waals surface area (Å²) < 4.78 is 5.50. The Hall–Kier alpha value is -1.84. The number of thiophene rings is 1. The van der Waals surface area contributed by atoms with Crippen LogP contribution in [0.4, 0.5) is 0 Å². The molecule has 8 nitrogen and oxygen atoms in total. The Kier molecular flexibility index (Phi) is 4.54. The van der Waals surface area contributed by atoms with Gasteiger partial charge in [0.2, 0.25) is 5.82 Å². The highest BCUT2D eigenvalue weighted by Crippen LogP contribution is 2.19. The van der Waals surface area contributed by atoms with Crippen LogP contribution in [0.1, 0.15) is 12.8 Å². The number of aromatic nitrogens is 4. The van der Waals surface area contributed by atoms with E-state index in [2.05, 4.69) is 15.4 Å². The van der Waals surface area contributed by atoms with Gasteiger partial charge in [0.05, 0.1) is 31.1 Å². The third kappa shape index (κ3) is 3.33. The van der Waals surface area contributed by atoms with Crippen molar-refractivity contribution in [2.45, 2.75) is 25.6 Å². The number of nitrogens with zero attached hydrogens (tertiary/aromatic N) is 5. The topological polar surface area (TPSA) is 77.6 Å². The van der Waals surface area contributed by atoms with Gasteiger partial charge in [-0.2, -0.15) is 0 Å². The van der Waals surface area contributed by atoms with Gasteiger partial charge in [-0.3, -0.25) is 4.79 Å². The minimum Gasteiger partial charge on any atom is -0.368 e. The zero-order chi connectivity index (χ0) is 16.4. The molecule has 0 bridgehead atoms. The summed E-state index contributed by atoms with van der Waals surface area (Å²) >= 11 is 1.61. The van der Waals surface area contributed by atoms with E-state index >= 15 is 0 Å². The molecule has 2 aliphatic heterocycles. The van der Waals surface area contributed by atoms with Crippen LogP contribution in [0, 0.1) is 0 Å². The minimum absolute atomic E-state index is 0.158. The van der Waals surface area contributed by atoms with Gasteiger partial charge in [0.1, 0.15) is 6.10 Å². The lowest BCUT2D eigenvalue weighted by Crippen LogP contribution is -3.14. The number of carbonyl (C=O) groups is 1. The van der Waals surface area contributed by atoms with Crippen molar-refractivity contribution in [2.24, 2.45) is 0 Å². The summed E-state index contributed by atoms with van der Waals surface area (Å²) in [6.07, 6.45) is 1.64. The fourth-order valence-electron chi connectivity index (χ4n) is 3.19. The van der Waals surface area contributed by atoms with Gasteiger partial charge in [-0.25, -0.2) is 0 Å². The number of amides is 1. The molecule has 0 radical (unpaired) electrons. The SMILES string of the molecule is O=C([C@@H]1CCCO1)N1CC[NH+](Cn2nnc(-c3cccs3)n2)CC1. The van der Waals surface area contributed by atoms with E-state index in [1.165, 1.54) is 4.90 Å². The van der Waals surface area contributed by atoms with Crippen LogP contribution in [0.5, 0.6) is 0 Å². The Morgan fingerprint density at radius 2 is 2.29 bits per heavy atom. The highest BCUT2D eigenvalue weighted by atomic mass is 32.1. The molecule has 0 aliphatic carbocycles. The number of hydrogen-bond acceptors (Lipinski definition) is 6. The quantitative estimate of drug-likeness (QED) is 0.787. The molecule has 128 valence electrons. The van der Waals surface area contributed by atoms with Crippen LogP contribution in [0.2, 0.25) is 0 Å². The molecule has 1 atom stereocenters. The fourth-order valence-corrected chi connectivity index (χ4v) is 3.84. The maximum atomic E-state index is 12.4. The van der Waals surface area contributed by atoms with E-state index in [0.717, 1.165) is 43.9 Å². The van der Waals surface area contributed by atoms with Crippen molar-refractivity contribution in [2.75, 3.05) is 32.8 Å². The average Bonchev–Trinajstić information content (AvgIpc) is 3.36. The van der Waals surface area contributed by atoms with E-state index in [4.69, 9.17) is 4.74 Å². The van der Waals surface area contributed by atoms with Gasteiger partial charge in [0.25, 0.3) is 5.91 Å². The van der Waals surface area contributed by atoms with E-state index in [0.29, 0.717) is 19.1 Å². The lowest BCUT2D eigenvalue weighted by atomic mass is 10.2. The van der Waals surface area contributed by atoms with Crippen molar-refractivity contribution in [3.8, 4) is 10.7 Å². The molecular weight excluding hydrogens is 328 g/mol. The monoisotopic (exact) mass is 349 g/mol. The van der Waals surface area contributed by atoms with Gasteiger partial charge in [0, 0.05) is 6.61 Å². The molecule has 2 aromatic rings. The van der Waals surface area contributed by atoms with Crippen molar-refractivity contribution in [1.82, 2.24) is 25.1 Å². The second kappa shape index (κ2) is 6.96. The first kappa shape index (κ1) is 15.7. The Morgan fingerprint density at radius 1 is 1.42 bits per heavy atom. The summed E-state index contributed by atoms with van der Waals surface area (Å²) in [7, 11) is 0. The number of tetrazole rings is 1. The number of quaternary nitrogens is 1. The zero-order valence-corrected chi connectivity index (χ0v) is 14.2. The normalized spacial score (nSPS) is 22.2. The lowest BCUT2D eigenvalue weighted by Gasteiger charge is -2.32. The number of rotatable bonds is 4. The number of ether oxygens (including phenoxy) is 1. The zero-order valence-electron chi connectivity index (χ0n) is 13.4. The van der Waals surface area contributed by atoms with E-state index in [9.17, 15) is 4.79 Å². The van der Waals surface area contributed by atoms with E-state index in [1.54, 1.807) is 16.1 Å². The molecule has 2 aromatic heterocycles. The Bertz CT molecular complexity index is 674. The summed E-state index contributed by atoms with van der Waals surface area (Å²) in [5, 5.41) is 14.7. The summed E-state index contributed by atoms with van der Waals surface area (Å²) in [6.45, 7) is 4.72. The average molecular weight is 349 g/mol. The van der Waals surface area contributed by atoms with Crippen LogP contribution >= 0.6 is 11.3 Å². The van der Waals surface area contributed by atoms with Crippen molar-refractivity contribution in [3.63, 3.8) is 0 Å². The van der Waals surface area contributed by atoms with Crippen LogP contribution in [0.15, 0.2) is 17.5 Å². The number of nitrogens with one attached hydrogen (secondary N) is 1. The molecule has 0 aromatic carbocycles. The first-order valence-corrected chi connectivity index (χ1v) is 9.23. The van der Waals surface area contributed by atoms with Gasteiger partial charge in [-0.05, 0) is 29.5 Å². The van der Waals surface area contributed by atoms with Crippen LogP contribution in [0.25, 0.3) is 10.7 Å². The van der Waals surface area contributed by atoms with Crippen LogP contribution in [-0.2, 0) is 16.2 Å². The van der Waals surface area contributed by atoms with Gasteiger partial charge < -0.3 is 14.5 Å². The molecule has 0 spiro atoms. The van der Waals surface area contributed by atoms with Gasteiger partial charge in [-0.1, -0.05) is 6.07 Å². The van der Waals surface area contributed by atoms with Crippen molar-refractivity contribution in [3.05, 3.63) is 17.5 Å². The maximum absolute atomic E-state index is 12.4. The maximum Gasteiger partial charge on any atom is 0.252 e. The summed E-state index contributed by atoms with van der Waals surface area (Å²) in [5.74, 6) is 0.835. The summed E-state index contributed by atoms with van der Waals surface area (Å²) in [5.41, 5.74) is 0. The molecule has 0 saturated carbocycles. The first-order valence-electron chi connectivity index (χ1n) is 8.35. The first-order chi connectivity index (χ1) is 11.8. The minimum atomic E-state index is -0.211. The number of carbonyl (C=O) groups excluding carboxylic acids is 1. The molecule has 4 heterocycles. The van der Waals surface area contributed by atoms with E-state index in [-0.39, 0.29) is 12.0 Å². The van der Waals surface area contributed by atoms with E-state index in [1.807, 2.05) is 22.4 Å². The summed E-state index contributed by atoms with van der Waals surface area (Å²) in [4.78, 5) is 18.3. The van der Waals surface area contributed by atoms with Crippen LogP contribution in [0.3, 0.4) is 0 Å². The Balaban J connectivity index is 1.29. The number of hydrogen-bond donors (Lipinski definition) is 1. The second-order valence-corrected chi connectivity index (χ2v) is 7.15. The standard InChI is InChI=1S/C15H20N6O2S/c22-15(12-3-1-9-23-12)20-7-5-19(6-8-20)11-21-17-14(16-18-21)13-4-2-10-24-13/h2,4,10,12H,1,3,5-9,11H2/p+1/t12-/m0/s1. The molecule has 24 heavy (non-hydrogen) atoms. The molecule has 4 rings (SSSR count). The van der Waals surface area contributed by atoms with Crippen LogP contribution < -0.4 is 4.90 Å². The van der Waals surface area contributed by atoms with Crippen molar-refractivity contribution >= 4 is 17.2 Å². The predicted octanol–water partition coefficient (Wildman–Crippen LogP) is -0.735. The molecular formula is C15H21N6O2S+. The molecule has 2 aliphatic rings. The highest BCUT2D eigenvalue weighted by Gasteiger charge is 2.31. The molecule has 9 heteroatoms. The summed E-state index contributed by atoms with van der Waals surface area (Å²) in [6, 6.07) is 3.98. The molecule has 0 unspecified atom stereocenters. The number of piperazine rings is 1. The second-order valence-electron chi connectivity index (χ2n) is 6.20. The van der Waals surface area contributed by atoms with Gasteiger partial charge in [0.15, 0.2) is 6.67 Å².